The zero-order chi connectivity index (χ0) is 22.8. The number of aromatic nitrogens is 1. The summed E-state index contributed by atoms with van der Waals surface area (Å²) in [6, 6.07) is 11.5. The third-order valence-electron chi connectivity index (χ3n) is 5.52. The van der Waals surface area contributed by atoms with Crippen LogP contribution in [0.25, 0.3) is 10.9 Å². The van der Waals surface area contributed by atoms with E-state index in [2.05, 4.69) is 12.2 Å². The number of hydrogen-bond donors (Lipinski definition) is 2. The summed E-state index contributed by atoms with van der Waals surface area (Å²) in [5, 5.41) is 12.4. The predicted octanol–water partition coefficient (Wildman–Crippen LogP) is 4.51. The Kier molecular flexibility index (Phi) is 6.10. The molecule has 0 bridgehead atoms. The van der Waals surface area contributed by atoms with Crippen LogP contribution in [0.2, 0.25) is 5.02 Å². The summed E-state index contributed by atoms with van der Waals surface area (Å²) in [6.45, 7) is 1.63. The number of para-hydroxylation sites is 1. The molecule has 2 aromatic carbocycles. The Labute approximate surface area is 189 Å². The maximum Gasteiger partial charge on any atom is 0.339 e. The number of halogens is 1. The minimum absolute atomic E-state index is 0.0606. The molecule has 4 rings (SSSR count). The van der Waals surface area contributed by atoms with E-state index in [1.165, 1.54) is 18.2 Å². The highest BCUT2D eigenvalue weighted by molar-refractivity contribution is 6.33. The molecule has 8 heteroatoms. The zero-order valence-electron chi connectivity index (χ0n) is 17.4. The van der Waals surface area contributed by atoms with E-state index in [1.54, 1.807) is 0 Å². The first-order chi connectivity index (χ1) is 15.3. The number of aryl methyl sites for hydroxylation is 1. The molecular formula is C24H21ClN2O5. The number of esters is 1. The van der Waals surface area contributed by atoms with Gasteiger partial charge in [0.15, 0.2) is 6.61 Å². The highest BCUT2D eigenvalue weighted by Gasteiger charge is 2.26. The molecular weight excluding hydrogens is 432 g/mol. The summed E-state index contributed by atoms with van der Waals surface area (Å²) in [5.74, 6) is -1.95. The third kappa shape index (κ3) is 4.43. The largest absolute Gasteiger partial charge is 0.478 e. The van der Waals surface area contributed by atoms with Gasteiger partial charge in [-0.05, 0) is 55.0 Å². The van der Waals surface area contributed by atoms with Gasteiger partial charge in [0.2, 0.25) is 0 Å². The number of pyridine rings is 1. The molecule has 0 spiro atoms. The number of anilines is 1. The molecule has 3 aromatic rings. The summed E-state index contributed by atoms with van der Waals surface area (Å²) in [5.41, 5.74) is 3.08. The van der Waals surface area contributed by atoms with Crippen LogP contribution in [-0.2, 0) is 22.4 Å². The van der Waals surface area contributed by atoms with Gasteiger partial charge in [-0.25, -0.2) is 9.59 Å². The summed E-state index contributed by atoms with van der Waals surface area (Å²) >= 11 is 5.85. The number of nitrogens with zero attached hydrogens (tertiary/aromatic N) is 1. The standard InChI is InChI=1S/C24H21ClN2O5/c1-13-6-9-20-17(10-13)22(15-4-2-3-5-19(15)27-20)24(31)32-12-21(28)26-14-7-8-18(25)16(11-14)23(29)30/h2-5,7-8,11,13H,6,9-10,12H2,1H3,(H,26,28)(H,29,30). The lowest BCUT2D eigenvalue weighted by atomic mass is 9.84. The number of aromatic carboxylic acids is 1. The van der Waals surface area contributed by atoms with Crippen molar-refractivity contribution in [2.24, 2.45) is 5.92 Å². The molecule has 164 valence electrons. The molecule has 0 radical (unpaired) electrons. The smallest absolute Gasteiger partial charge is 0.339 e. The van der Waals surface area contributed by atoms with Crippen LogP contribution in [0, 0.1) is 5.92 Å². The number of nitrogens with one attached hydrogen (secondary N) is 1. The number of carboxylic acid groups (broad SMARTS) is 1. The fraction of sp³-hybridized carbons (Fsp3) is 0.250. The average Bonchev–Trinajstić information content (AvgIpc) is 2.77. The topological polar surface area (TPSA) is 106 Å². The molecule has 1 heterocycles. The van der Waals surface area contributed by atoms with Crippen LogP contribution in [0.5, 0.6) is 0 Å². The number of amides is 1. The number of ether oxygens (including phenoxy) is 1. The van der Waals surface area contributed by atoms with E-state index in [4.69, 9.17) is 26.4 Å². The highest BCUT2D eigenvalue weighted by Crippen LogP contribution is 2.32. The molecule has 0 fully saturated rings. The van der Waals surface area contributed by atoms with Crippen LogP contribution < -0.4 is 5.32 Å². The molecule has 0 saturated heterocycles. The maximum absolute atomic E-state index is 13.1. The molecule has 32 heavy (non-hydrogen) atoms. The van der Waals surface area contributed by atoms with Crippen molar-refractivity contribution in [1.82, 2.24) is 4.98 Å². The minimum atomic E-state index is -1.21. The van der Waals surface area contributed by atoms with Crippen LogP contribution in [0.1, 0.15) is 45.3 Å². The van der Waals surface area contributed by atoms with Gasteiger partial charge in [0, 0.05) is 16.8 Å². The summed E-state index contributed by atoms with van der Waals surface area (Å²) in [7, 11) is 0. The number of carbonyl (C=O) groups excluding carboxylic acids is 2. The summed E-state index contributed by atoms with van der Waals surface area (Å²) < 4.78 is 5.35. The van der Waals surface area contributed by atoms with Gasteiger partial charge in [-0.15, -0.1) is 0 Å². The molecule has 1 aliphatic rings. The zero-order valence-corrected chi connectivity index (χ0v) is 18.1. The molecule has 0 aliphatic heterocycles. The van der Waals surface area contributed by atoms with Gasteiger partial charge < -0.3 is 15.2 Å². The lowest BCUT2D eigenvalue weighted by Gasteiger charge is -2.24. The normalized spacial score (nSPS) is 15.1. The van der Waals surface area contributed by atoms with E-state index in [0.29, 0.717) is 16.9 Å². The first-order valence-electron chi connectivity index (χ1n) is 10.2. The number of carbonyl (C=O) groups is 3. The Hall–Kier alpha value is -3.45. The second kappa shape index (κ2) is 8.96. The monoisotopic (exact) mass is 452 g/mol. The fourth-order valence-corrected chi connectivity index (χ4v) is 4.16. The number of hydrogen-bond acceptors (Lipinski definition) is 5. The van der Waals surface area contributed by atoms with Gasteiger partial charge in [0.05, 0.1) is 21.7 Å². The summed E-state index contributed by atoms with van der Waals surface area (Å²) in [4.78, 5) is 41.3. The van der Waals surface area contributed by atoms with Gasteiger partial charge >= 0.3 is 11.9 Å². The Bertz CT molecular complexity index is 1240. The van der Waals surface area contributed by atoms with Gasteiger partial charge in [-0.1, -0.05) is 36.7 Å². The first-order valence-corrected chi connectivity index (χ1v) is 10.6. The number of rotatable bonds is 5. The predicted molar refractivity (Wildman–Crippen MR) is 120 cm³/mol. The Balaban J connectivity index is 1.53. The van der Waals surface area contributed by atoms with Crippen molar-refractivity contribution in [3.63, 3.8) is 0 Å². The van der Waals surface area contributed by atoms with E-state index >= 15 is 0 Å². The molecule has 1 unspecified atom stereocenters. The molecule has 7 nitrogen and oxygen atoms in total. The minimum Gasteiger partial charge on any atom is -0.478 e. The Morgan fingerprint density at radius 3 is 2.78 bits per heavy atom. The molecule has 1 aromatic heterocycles. The molecule has 2 N–H and O–H groups in total. The van der Waals surface area contributed by atoms with E-state index in [-0.39, 0.29) is 16.3 Å². The number of carboxylic acids is 1. The SMILES string of the molecule is CC1CCc2nc3ccccc3c(C(=O)OCC(=O)Nc3ccc(Cl)c(C(=O)O)c3)c2C1. The van der Waals surface area contributed by atoms with E-state index < -0.39 is 24.5 Å². The second-order valence-corrected chi connectivity index (χ2v) is 8.31. The molecule has 1 amide bonds. The van der Waals surface area contributed by atoms with Crippen molar-refractivity contribution in [2.75, 3.05) is 11.9 Å². The first kappa shape index (κ1) is 21.8. The van der Waals surface area contributed by atoms with Crippen molar-refractivity contribution in [3.8, 4) is 0 Å². The lowest BCUT2D eigenvalue weighted by molar-refractivity contribution is -0.119. The van der Waals surface area contributed by atoms with Crippen molar-refractivity contribution < 1.29 is 24.2 Å². The van der Waals surface area contributed by atoms with Crippen LogP contribution in [0.15, 0.2) is 42.5 Å². The molecule has 1 atom stereocenters. The Morgan fingerprint density at radius 1 is 1.22 bits per heavy atom. The fourth-order valence-electron chi connectivity index (χ4n) is 3.96. The van der Waals surface area contributed by atoms with Crippen molar-refractivity contribution >= 4 is 46.0 Å². The Morgan fingerprint density at radius 2 is 2.00 bits per heavy atom. The number of fused-ring (bicyclic) bond motifs is 2. The lowest BCUT2D eigenvalue weighted by Crippen LogP contribution is -2.23. The van der Waals surface area contributed by atoms with Crippen molar-refractivity contribution in [1.29, 1.82) is 0 Å². The van der Waals surface area contributed by atoms with Crippen LogP contribution in [-0.4, -0.2) is 34.5 Å². The van der Waals surface area contributed by atoms with Crippen LogP contribution >= 0.6 is 11.6 Å². The quantitative estimate of drug-likeness (QED) is 0.552. The average molecular weight is 453 g/mol. The molecule has 1 aliphatic carbocycles. The highest BCUT2D eigenvalue weighted by atomic mass is 35.5. The van der Waals surface area contributed by atoms with Gasteiger partial charge in [0.1, 0.15) is 0 Å². The van der Waals surface area contributed by atoms with E-state index in [1.807, 2.05) is 24.3 Å². The number of benzene rings is 2. The molecule has 0 saturated carbocycles. The van der Waals surface area contributed by atoms with Gasteiger partial charge in [0.25, 0.3) is 5.91 Å². The van der Waals surface area contributed by atoms with Gasteiger partial charge in [-0.3, -0.25) is 9.78 Å². The van der Waals surface area contributed by atoms with E-state index in [9.17, 15) is 14.4 Å². The summed E-state index contributed by atoms with van der Waals surface area (Å²) in [6.07, 6.45) is 2.53. The third-order valence-corrected chi connectivity index (χ3v) is 5.85. The maximum atomic E-state index is 13.1. The van der Waals surface area contributed by atoms with E-state index in [0.717, 1.165) is 36.0 Å². The van der Waals surface area contributed by atoms with Gasteiger partial charge in [-0.2, -0.15) is 0 Å². The van der Waals surface area contributed by atoms with Crippen molar-refractivity contribution in [3.05, 3.63) is 69.9 Å². The van der Waals surface area contributed by atoms with Crippen molar-refractivity contribution in [2.45, 2.75) is 26.2 Å². The second-order valence-electron chi connectivity index (χ2n) is 7.90. The van der Waals surface area contributed by atoms with Crippen LogP contribution in [0.4, 0.5) is 5.69 Å². The van der Waals surface area contributed by atoms with Crippen LogP contribution in [0.3, 0.4) is 0 Å².